The number of halogens is 1. The van der Waals surface area contributed by atoms with E-state index < -0.39 is 10.0 Å². The fraction of sp³-hybridized carbons (Fsp3) is 0.211. The number of fused-ring (bicyclic) bond motifs is 1. The van der Waals surface area contributed by atoms with Crippen molar-refractivity contribution in [1.82, 2.24) is 10.1 Å². The Labute approximate surface area is 182 Å². The van der Waals surface area contributed by atoms with Crippen molar-refractivity contribution < 1.29 is 27.2 Å². The van der Waals surface area contributed by atoms with Crippen LogP contribution in [0, 0.1) is 6.92 Å². The van der Waals surface area contributed by atoms with Crippen LogP contribution in [0.3, 0.4) is 0 Å². The molecule has 1 aliphatic rings. The maximum Gasteiger partial charge on any atom is 0.265 e. The molecule has 0 aliphatic carbocycles. The first-order chi connectivity index (χ1) is 14.8. The fourth-order valence-corrected chi connectivity index (χ4v) is 4.34. The molecule has 2 aromatic carbocycles. The molecule has 0 bridgehead atoms. The molecule has 1 aliphatic heterocycles. The number of hydrogen-bond donors (Lipinski definition) is 1. The molecule has 0 unspecified atom stereocenters. The van der Waals surface area contributed by atoms with Gasteiger partial charge in [0, 0.05) is 6.92 Å². The summed E-state index contributed by atoms with van der Waals surface area (Å²) in [6, 6.07) is 8.75. The number of nitrogens with zero attached hydrogens (tertiary/aromatic N) is 3. The summed E-state index contributed by atoms with van der Waals surface area (Å²) in [5.74, 6) is 1.07. The van der Waals surface area contributed by atoms with Gasteiger partial charge in [-0.3, -0.25) is 14.4 Å². The van der Waals surface area contributed by atoms with Crippen LogP contribution >= 0.6 is 11.6 Å². The molecule has 12 heteroatoms. The molecule has 0 saturated heterocycles. The maximum absolute atomic E-state index is 12.9. The van der Waals surface area contributed by atoms with Crippen molar-refractivity contribution in [3.8, 4) is 11.5 Å². The average Bonchev–Trinajstić information content (AvgIpc) is 3.14. The second kappa shape index (κ2) is 8.08. The van der Waals surface area contributed by atoms with Crippen LogP contribution in [0.1, 0.15) is 11.7 Å². The standard InChI is InChI=1S/C19H17ClN4O6S/c1-11-21-18(22-30-11)9-24-15-8-13(4-6-17(15)29-10-19(24)25)31(26,27)23-12-3-5-16(28-2)14(20)7-12/h3-8,23H,9-10H2,1-2H3. The Morgan fingerprint density at radius 2 is 2.06 bits per heavy atom. The van der Waals surface area contributed by atoms with Gasteiger partial charge in [-0.15, -0.1) is 0 Å². The van der Waals surface area contributed by atoms with E-state index >= 15 is 0 Å². The highest BCUT2D eigenvalue weighted by Crippen LogP contribution is 2.36. The van der Waals surface area contributed by atoms with Gasteiger partial charge >= 0.3 is 0 Å². The molecule has 0 saturated carbocycles. The number of anilines is 2. The van der Waals surface area contributed by atoms with Gasteiger partial charge in [-0.2, -0.15) is 4.98 Å². The molecular weight excluding hydrogens is 448 g/mol. The number of hydrogen-bond acceptors (Lipinski definition) is 8. The molecule has 0 radical (unpaired) electrons. The van der Waals surface area contributed by atoms with E-state index in [0.29, 0.717) is 17.4 Å². The summed E-state index contributed by atoms with van der Waals surface area (Å²) >= 11 is 6.07. The quantitative estimate of drug-likeness (QED) is 0.590. The van der Waals surface area contributed by atoms with Crippen molar-refractivity contribution in [1.29, 1.82) is 0 Å². The number of ether oxygens (including phenoxy) is 2. The molecule has 1 N–H and O–H groups in total. The monoisotopic (exact) mass is 464 g/mol. The number of amides is 1. The Hall–Kier alpha value is -3.31. The van der Waals surface area contributed by atoms with Crippen LogP contribution in [-0.2, 0) is 21.4 Å². The van der Waals surface area contributed by atoms with Crippen molar-refractivity contribution in [3.63, 3.8) is 0 Å². The predicted octanol–water partition coefficient (Wildman–Crippen LogP) is 2.77. The number of sulfonamides is 1. The van der Waals surface area contributed by atoms with Crippen LogP contribution in [0.25, 0.3) is 0 Å². The number of benzene rings is 2. The SMILES string of the molecule is COc1ccc(NS(=O)(=O)c2ccc3c(c2)N(Cc2noc(C)n2)C(=O)CO3)cc1Cl. The van der Waals surface area contributed by atoms with Crippen LogP contribution in [0.4, 0.5) is 11.4 Å². The van der Waals surface area contributed by atoms with Crippen molar-refractivity contribution in [2.45, 2.75) is 18.4 Å². The molecule has 31 heavy (non-hydrogen) atoms. The Bertz CT molecular complexity index is 1260. The number of rotatable bonds is 6. The number of nitrogens with one attached hydrogen (secondary N) is 1. The summed E-state index contributed by atoms with van der Waals surface area (Å²) in [5, 5.41) is 4.05. The van der Waals surface area contributed by atoms with E-state index in [0.717, 1.165) is 0 Å². The first kappa shape index (κ1) is 20.9. The lowest BCUT2D eigenvalue weighted by molar-refractivity contribution is -0.121. The van der Waals surface area contributed by atoms with Crippen LogP contribution in [0.5, 0.6) is 11.5 Å². The maximum atomic E-state index is 12.9. The summed E-state index contributed by atoms with van der Waals surface area (Å²) in [6.45, 7) is 1.46. The average molecular weight is 465 g/mol. The van der Waals surface area contributed by atoms with Gasteiger partial charge in [-0.1, -0.05) is 16.8 Å². The lowest BCUT2D eigenvalue weighted by Crippen LogP contribution is -2.38. The largest absolute Gasteiger partial charge is 0.495 e. The smallest absolute Gasteiger partial charge is 0.265 e. The zero-order valence-electron chi connectivity index (χ0n) is 16.5. The van der Waals surface area contributed by atoms with Gasteiger partial charge in [0.1, 0.15) is 11.5 Å². The van der Waals surface area contributed by atoms with Gasteiger partial charge in [0.25, 0.3) is 15.9 Å². The van der Waals surface area contributed by atoms with E-state index in [-0.39, 0.29) is 46.2 Å². The highest BCUT2D eigenvalue weighted by molar-refractivity contribution is 7.92. The van der Waals surface area contributed by atoms with Crippen molar-refractivity contribution in [2.24, 2.45) is 0 Å². The zero-order valence-corrected chi connectivity index (χ0v) is 18.0. The lowest BCUT2D eigenvalue weighted by Gasteiger charge is -2.28. The highest BCUT2D eigenvalue weighted by atomic mass is 35.5. The minimum Gasteiger partial charge on any atom is -0.495 e. The summed E-state index contributed by atoms with van der Waals surface area (Å²) in [4.78, 5) is 17.8. The third kappa shape index (κ3) is 4.28. The Balaban J connectivity index is 1.65. The molecular formula is C19H17ClN4O6S. The summed E-state index contributed by atoms with van der Waals surface area (Å²) in [5.41, 5.74) is 0.546. The van der Waals surface area contributed by atoms with Gasteiger partial charge < -0.3 is 14.0 Å². The van der Waals surface area contributed by atoms with Gasteiger partial charge in [0.05, 0.1) is 34.9 Å². The number of carbonyl (C=O) groups excluding carboxylic acids is 1. The summed E-state index contributed by atoms with van der Waals surface area (Å²) in [7, 11) is -2.52. The number of aryl methyl sites for hydroxylation is 1. The normalized spacial score (nSPS) is 13.5. The molecule has 1 aromatic heterocycles. The molecule has 162 valence electrons. The van der Waals surface area contributed by atoms with Crippen LogP contribution < -0.4 is 19.1 Å². The molecule has 10 nitrogen and oxygen atoms in total. The Morgan fingerprint density at radius 3 is 2.74 bits per heavy atom. The Kier molecular flexibility index (Phi) is 5.46. The first-order valence-corrected chi connectivity index (χ1v) is 10.9. The third-order valence-electron chi connectivity index (χ3n) is 4.46. The summed E-state index contributed by atoms with van der Waals surface area (Å²) < 4.78 is 43.8. The van der Waals surface area contributed by atoms with Gasteiger partial charge in [0.15, 0.2) is 12.4 Å². The molecule has 0 spiro atoms. The van der Waals surface area contributed by atoms with E-state index in [1.807, 2.05) is 0 Å². The van der Waals surface area contributed by atoms with E-state index in [1.54, 1.807) is 13.0 Å². The highest BCUT2D eigenvalue weighted by Gasteiger charge is 2.29. The van der Waals surface area contributed by atoms with Gasteiger partial charge in [-0.05, 0) is 36.4 Å². The minimum atomic E-state index is -3.99. The van der Waals surface area contributed by atoms with Crippen LogP contribution in [0.15, 0.2) is 45.8 Å². The van der Waals surface area contributed by atoms with E-state index in [1.165, 1.54) is 42.3 Å². The zero-order chi connectivity index (χ0) is 22.2. The topological polar surface area (TPSA) is 124 Å². The molecule has 0 atom stereocenters. The second-order valence-electron chi connectivity index (χ2n) is 6.58. The molecule has 1 amide bonds. The van der Waals surface area contributed by atoms with Crippen LogP contribution in [-0.4, -0.2) is 38.2 Å². The molecule has 0 fully saturated rings. The number of aromatic nitrogens is 2. The lowest BCUT2D eigenvalue weighted by atomic mass is 10.2. The first-order valence-electron chi connectivity index (χ1n) is 8.99. The second-order valence-corrected chi connectivity index (χ2v) is 8.67. The minimum absolute atomic E-state index is 0.0115. The Morgan fingerprint density at radius 1 is 1.26 bits per heavy atom. The van der Waals surface area contributed by atoms with Crippen LogP contribution in [0.2, 0.25) is 5.02 Å². The molecule has 2 heterocycles. The van der Waals surface area contributed by atoms with Gasteiger partial charge in [-0.25, -0.2) is 8.42 Å². The van der Waals surface area contributed by atoms with E-state index in [2.05, 4.69) is 14.9 Å². The third-order valence-corrected chi connectivity index (χ3v) is 6.13. The van der Waals surface area contributed by atoms with E-state index in [4.69, 9.17) is 25.6 Å². The number of carbonyl (C=O) groups is 1. The number of methoxy groups -OCH3 is 1. The van der Waals surface area contributed by atoms with Crippen molar-refractivity contribution in [2.75, 3.05) is 23.3 Å². The predicted molar refractivity (Wildman–Crippen MR) is 111 cm³/mol. The molecule has 4 rings (SSSR count). The van der Waals surface area contributed by atoms with E-state index in [9.17, 15) is 13.2 Å². The van der Waals surface area contributed by atoms with Crippen molar-refractivity contribution >= 4 is 38.9 Å². The van der Waals surface area contributed by atoms with Gasteiger partial charge in [0.2, 0.25) is 5.89 Å². The summed E-state index contributed by atoms with van der Waals surface area (Å²) in [6.07, 6.45) is 0. The fourth-order valence-electron chi connectivity index (χ4n) is 3.01. The van der Waals surface area contributed by atoms with Crippen molar-refractivity contribution in [3.05, 3.63) is 53.1 Å². The molecule has 3 aromatic rings.